The third kappa shape index (κ3) is 5.03. The molecule has 0 atom stereocenters. The zero-order valence-electron chi connectivity index (χ0n) is 19.3. The van der Waals surface area contributed by atoms with E-state index in [0.29, 0.717) is 61.3 Å². The van der Waals surface area contributed by atoms with E-state index in [0.717, 1.165) is 5.56 Å². The fraction of sp³-hybridized carbons (Fsp3) is 0.346. The quantitative estimate of drug-likeness (QED) is 0.557. The van der Waals surface area contributed by atoms with Crippen LogP contribution < -0.4 is 4.90 Å². The highest BCUT2D eigenvalue weighted by Gasteiger charge is 2.28. The molecule has 6 nitrogen and oxygen atoms in total. The molecule has 0 radical (unpaired) electrons. The Hall–Kier alpha value is -3.32. The lowest BCUT2D eigenvalue weighted by atomic mass is 10.0. The van der Waals surface area contributed by atoms with Gasteiger partial charge in [-0.2, -0.15) is 0 Å². The number of nitrogens with zero attached hydrogens (tertiary/aromatic N) is 4. The molecule has 1 aliphatic rings. The molecule has 0 saturated carbocycles. The summed E-state index contributed by atoms with van der Waals surface area (Å²) in [5.41, 5.74) is 2.51. The van der Waals surface area contributed by atoms with Gasteiger partial charge in [0, 0.05) is 31.2 Å². The van der Waals surface area contributed by atoms with Crippen LogP contribution in [0.3, 0.4) is 0 Å². The summed E-state index contributed by atoms with van der Waals surface area (Å²) in [6.45, 7) is 8.64. The van der Waals surface area contributed by atoms with Crippen LogP contribution in [-0.4, -0.2) is 53.1 Å². The summed E-state index contributed by atoms with van der Waals surface area (Å²) in [5.74, 6) is -0.139. The molecule has 1 amide bonds. The van der Waals surface area contributed by atoms with E-state index >= 15 is 0 Å². The summed E-state index contributed by atoms with van der Waals surface area (Å²) in [6.07, 6.45) is 0. The van der Waals surface area contributed by atoms with Crippen molar-refractivity contribution in [3.63, 3.8) is 0 Å². The number of benzene rings is 2. The van der Waals surface area contributed by atoms with Crippen LogP contribution in [0.5, 0.6) is 0 Å². The van der Waals surface area contributed by atoms with E-state index in [9.17, 15) is 9.18 Å². The molecule has 1 saturated heterocycles. The fourth-order valence-corrected chi connectivity index (χ4v) is 3.98. The topological polar surface area (TPSA) is 58.6 Å². The van der Waals surface area contributed by atoms with E-state index in [4.69, 9.17) is 9.72 Å². The number of anilines is 1. The number of hydrogen-bond donors (Lipinski definition) is 0. The monoisotopic (exact) mass is 448 g/mol. The summed E-state index contributed by atoms with van der Waals surface area (Å²) >= 11 is 0. The normalized spacial score (nSPS) is 13.9. The van der Waals surface area contributed by atoms with Crippen LogP contribution in [0.25, 0.3) is 11.3 Å². The molecule has 0 N–H and O–H groups in total. The first-order chi connectivity index (χ1) is 16.0. The van der Waals surface area contributed by atoms with Crippen LogP contribution in [-0.2, 0) is 11.3 Å². The van der Waals surface area contributed by atoms with Gasteiger partial charge in [-0.3, -0.25) is 4.79 Å². The van der Waals surface area contributed by atoms with Crippen molar-refractivity contribution in [3.05, 3.63) is 77.2 Å². The van der Waals surface area contributed by atoms with E-state index in [-0.39, 0.29) is 11.9 Å². The number of ether oxygens (including phenoxy) is 1. The van der Waals surface area contributed by atoms with Gasteiger partial charge in [-0.15, -0.1) is 0 Å². The predicted molar refractivity (Wildman–Crippen MR) is 127 cm³/mol. The molecule has 33 heavy (non-hydrogen) atoms. The molecule has 7 heteroatoms. The van der Waals surface area contributed by atoms with Crippen LogP contribution in [0, 0.1) is 12.7 Å². The van der Waals surface area contributed by atoms with Crippen LogP contribution in [0.15, 0.2) is 54.6 Å². The fourth-order valence-electron chi connectivity index (χ4n) is 3.98. The van der Waals surface area contributed by atoms with Gasteiger partial charge in [0.1, 0.15) is 5.82 Å². The number of aromatic nitrogens is 2. The molecule has 2 aromatic carbocycles. The number of carbonyl (C=O) groups is 1. The van der Waals surface area contributed by atoms with Crippen LogP contribution >= 0.6 is 0 Å². The van der Waals surface area contributed by atoms with E-state index in [2.05, 4.69) is 4.98 Å². The van der Waals surface area contributed by atoms with Gasteiger partial charge in [0.15, 0.2) is 0 Å². The van der Waals surface area contributed by atoms with Gasteiger partial charge in [0.05, 0.1) is 30.2 Å². The molecule has 0 unspecified atom stereocenters. The molecule has 2 heterocycles. The van der Waals surface area contributed by atoms with Crippen LogP contribution in [0.4, 0.5) is 10.3 Å². The minimum atomic E-state index is -0.420. The van der Waals surface area contributed by atoms with Crippen molar-refractivity contribution in [2.45, 2.75) is 33.4 Å². The number of aryl methyl sites for hydroxylation is 1. The maximum Gasteiger partial charge on any atom is 0.258 e. The maximum absolute atomic E-state index is 14.9. The zero-order valence-corrected chi connectivity index (χ0v) is 19.3. The Morgan fingerprint density at radius 2 is 1.73 bits per heavy atom. The Kier molecular flexibility index (Phi) is 6.99. The maximum atomic E-state index is 14.9. The lowest BCUT2D eigenvalue weighted by molar-refractivity contribution is 0.0689. The molecule has 1 fully saturated rings. The van der Waals surface area contributed by atoms with Gasteiger partial charge in [-0.05, 0) is 38.5 Å². The Labute approximate surface area is 194 Å². The number of rotatable bonds is 6. The van der Waals surface area contributed by atoms with E-state index in [1.807, 2.05) is 49.1 Å². The molecule has 4 rings (SSSR count). The van der Waals surface area contributed by atoms with Crippen molar-refractivity contribution in [2.75, 3.05) is 31.2 Å². The largest absolute Gasteiger partial charge is 0.378 e. The average Bonchev–Trinajstić information content (AvgIpc) is 2.83. The second kappa shape index (κ2) is 10.1. The molecular weight excluding hydrogens is 419 g/mol. The van der Waals surface area contributed by atoms with Gasteiger partial charge in [0.2, 0.25) is 5.95 Å². The van der Waals surface area contributed by atoms with Crippen LogP contribution in [0.2, 0.25) is 0 Å². The highest BCUT2D eigenvalue weighted by Crippen LogP contribution is 2.30. The molecule has 172 valence electrons. The van der Waals surface area contributed by atoms with Crippen molar-refractivity contribution < 1.29 is 13.9 Å². The van der Waals surface area contributed by atoms with Crippen molar-refractivity contribution in [2.24, 2.45) is 0 Å². The van der Waals surface area contributed by atoms with E-state index in [1.54, 1.807) is 30.0 Å². The predicted octanol–water partition coefficient (Wildman–Crippen LogP) is 4.48. The van der Waals surface area contributed by atoms with Crippen molar-refractivity contribution in [3.8, 4) is 11.3 Å². The Bertz CT molecular complexity index is 1110. The lowest BCUT2D eigenvalue weighted by Crippen LogP contribution is -2.39. The number of halogens is 1. The van der Waals surface area contributed by atoms with Gasteiger partial charge in [-0.25, -0.2) is 14.4 Å². The Morgan fingerprint density at radius 3 is 2.39 bits per heavy atom. The van der Waals surface area contributed by atoms with Crippen LogP contribution in [0.1, 0.15) is 35.5 Å². The van der Waals surface area contributed by atoms with Crippen molar-refractivity contribution in [1.29, 1.82) is 0 Å². The summed E-state index contributed by atoms with van der Waals surface area (Å²) in [6, 6.07) is 16.2. The number of morpholine rings is 1. The minimum absolute atomic E-state index is 0.0653. The highest BCUT2D eigenvalue weighted by atomic mass is 19.1. The third-order valence-corrected chi connectivity index (χ3v) is 5.79. The van der Waals surface area contributed by atoms with Gasteiger partial charge >= 0.3 is 0 Å². The molecule has 0 spiro atoms. The molecule has 3 aromatic rings. The molecule has 1 aromatic heterocycles. The molecule has 0 bridgehead atoms. The second-order valence-corrected chi connectivity index (χ2v) is 8.42. The Morgan fingerprint density at radius 1 is 1.06 bits per heavy atom. The van der Waals surface area contributed by atoms with E-state index < -0.39 is 5.82 Å². The number of carbonyl (C=O) groups excluding carboxylic acids is 1. The van der Waals surface area contributed by atoms with E-state index in [1.165, 1.54) is 6.07 Å². The summed E-state index contributed by atoms with van der Waals surface area (Å²) < 4.78 is 20.4. The van der Waals surface area contributed by atoms with Gasteiger partial charge in [0.25, 0.3) is 5.91 Å². The van der Waals surface area contributed by atoms with Gasteiger partial charge < -0.3 is 14.5 Å². The first-order valence-corrected chi connectivity index (χ1v) is 11.3. The molecular formula is C26H29FN4O2. The lowest BCUT2D eigenvalue weighted by Gasteiger charge is -2.30. The van der Waals surface area contributed by atoms with Crippen molar-refractivity contribution in [1.82, 2.24) is 14.9 Å². The number of amides is 1. The SMILES string of the molecule is Cc1nc(N2CCOCC2)nc(-c2ccccc2F)c1C(=O)N(Cc1ccccc1)C(C)C. The smallest absolute Gasteiger partial charge is 0.258 e. The summed E-state index contributed by atoms with van der Waals surface area (Å²) in [4.78, 5) is 27.1. The van der Waals surface area contributed by atoms with Gasteiger partial charge in [-0.1, -0.05) is 42.5 Å². The summed E-state index contributed by atoms with van der Waals surface area (Å²) in [5, 5.41) is 0. The van der Waals surface area contributed by atoms with Crippen molar-refractivity contribution >= 4 is 11.9 Å². The molecule has 0 aliphatic carbocycles. The molecule has 1 aliphatic heterocycles. The number of hydrogen-bond acceptors (Lipinski definition) is 5. The summed E-state index contributed by atoms with van der Waals surface area (Å²) in [7, 11) is 0. The first-order valence-electron chi connectivity index (χ1n) is 11.3. The first kappa shape index (κ1) is 22.9. The average molecular weight is 449 g/mol. The highest BCUT2D eigenvalue weighted by molar-refractivity contribution is 6.01. The minimum Gasteiger partial charge on any atom is -0.378 e. The Balaban J connectivity index is 1.81. The standard InChI is InChI=1S/C26H29FN4O2/c1-18(2)31(17-20-9-5-4-6-10-20)25(32)23-19(3)28-26(30-13-15-33-16-14-30)29-24(23)21-11-7-8-12-22(21)27/h4-12,18H,13-17H2,1-3H3. The second-order valence-electron chi connectivity index (χ2n) is 8.42. The third-order valence-electron chi connectivity index (χ3n) is 5.79. The zero-order chi connectivity index (χ0) is 23.4.